The molecule has 3 nitrogen and oxygen atoms in total. The average Bonchev–Trinajstić information content (AvgIpc) is 2.58. The van der Waals surface area contributed by atoms with Gasteiger partial charge in [0, 0.05) is 19.3 Å². The maximum absolute atomic E-state index is 3.92. The largest absolute Gasteiger partial charge is 0.306 e. The highest BCUT2D eigenvalue weighted by Crippen LogP contribution is 2.11. The third-order valence-electron chi connectivity index (χ3n) is 1.75. The van der Waals surface area contributed by atoms with Gasteiger partial charge in [-0.25, -0.2) is 5.43 Å². The molecule has 1 saturated heterocycles. The zero-order chi connectivity index (χ0) is 7.52. The fourth-order valence-electron chi connectivity index (χ4n) is 1.20. The minimum absolute atomic E-state index is 1.03. The van der Waals surface area contributed by atoms with E-state index in [1.54, 1.807) is 6.20 Å². The van der Waals surface area contributed by atoms with Crippen LogP contribution < -0.4 is 10.4 Å². The molecular weight excluding hydrogens is 138 g/mol. The third kappa shape index (κ3) is 1.33. The van der Waals surface area contributed by atoms with Gasteiger partial charge in [0.25, 0.3) is 0 Å². The molecule has 1 aliphatic heterocycles. The smallest absolute Gasteiger partial charge is 0.115 e. The first kappa shape index (κ1) is 6.61. The second-order valence-electron chi connectivity index (χ2n) is 2.55. The summed E-state index contributed by atoms with van der Waals surface area (Å²) in [5.74, 6) is 0. The molecule has 0 spiro atoms. The standard InChI is InChI=1S/C8H10N3/c1-3-8(7-9-4-1)11-6-2-5-10-11/h1,3-4,10H,2,5-6H2. The Balaban J connectivity index is 2.16. The number of nitrogens with one attached hydrogen (secondary N) is 1. The summed E-state index contributed by atoms with van der Waals surface area (Å²) >= 11 is 0. The molecule has 0 bridgehead atoms. The highest BCUT2D eigenvalue weighted by molar-refractivity contribution is 5.41. The number of hydrogen-bond acceptors (Lipinski definition) is 3. The highest BCUT2D eigenvalue weighted by atomic mass is 15.5. The van der Waals surface area contributed by atoms with Gasteiger partial charge in [-0.15, -0.1) is 0 Å². The van der Waals surface area contributed by atoms with Crippen LogP contribution in [0.15, 0.2) is 18.3 Å². The van der Waals surface area contributed by atoms with Crippen LogP contribution in [0.25, 0.3) is 0 Å². The molecule has 0 unspecified atom stereocenters. The van der Waals surface area contributed by atoms with E-state index >= 15 is 0 Å². The van der Waals surface area contributed by atoms with Crippen molar-refractivity contribution in [2.75, 3.05) is 18.1 Å². The van der Waals surface area contributed by atoms with Crippen LogP contribution in [0.4, 0.5) is 5.69 Å². The van der Waals surface area contributed by atoms with E-state index < -0.39 is 0 Å². The van der Waals surface area contributed by atoms with Crippen LogP contribution in [0.5, 0.6) is 0 Å². The van der Waals surface area contributed by atoms with Gasteiger partial charge in [0.15, 0.2) is 0 Å². The van der Waals surface area contributed by atoms with Crippen molar-refractivity contribution in [3.63, 3.8) is 0 Å². The van der Waals surface area contributed by atoms with E-state index in [2.05, 4.69) is 21.6 Å². The molecule has 3 heteroatoms. The van der Waals surface area contributed by atoms with Crippen molar-refractivity contribution in [3.05, 3.63) is 24.5 Å². The van der Waals surface area contributed by atoms with Gasteiger partial charge in [0.1, 0.15) is 6.20 Å². The molecule has 57 valence electrons. The lowest BCUT2D eigenvalue weighted by atomic mass is 10.4. The zero-order valence-corrected chi connectivity index (χ0v) is 6.25. The molecule has 0 amide bonds. The summed E-state index contributed by atoms with van der Waals surface area (Å²) in [6.07, 6.45) is 5.86. The molecule has 2 heterocycles. The van der Waals surface area contributed by atoms with E-state index in [1.165, 1.54) is 6.42 Å². The molecule has 1 aromatic rings. The SMILES string of the molecule is [c]1ncccc1N1CCCN1. The van der Waals surface area contributed by atoms with Gasteiger partial charge < -0.3 is 5.01 Å². The summed E-state index contributed by atoms with van der Waals surface area (Å²) in [6.45, 7) is 2.12. The number of anilines is 1. The third-order valence-corrected chi connectivity index (χ3v) is 1.75. The van der Waals surface area contributed by atoms with Crippen LogP contribution in [-0.2, 0) is 0 Å². The van der Waals surface area contributed by atoms with Gasteiger partial charge >= 0.3 is 0 Å². The van der Waals surface area contributed by atoms with E-state index in [0.29, 0.717) is 0 Å². The Morgan fingerprint density at radius 2 is 2.64 bits per heavy atom. The lowest BCUT2D eigenvalue weighted by Crippen LogP contribution is -2.30. The van der Waals surface area contributed by atoms with Crippen molar-refractivity contribution in [2.24, 2.45) is 0 Å². The van der Waals surface area contributed by atoms with Gasteiger partial charge in [-0.1, -0.05) is 0 Å². The van der Waals surface area contributed by atoms with E-state index in [1.807, 2.05) is 12.1 Å². The molecule has 0 saturated carbocycles. The van der Waals surface area contributed by atoms with Crippen LogP contribution in [0.1, 0.15) is 6.42 Å². The van der Waals surface area contributed by atoms with Crippen molar-refractivity contribution < 1.29 is 0 Å². The Kier molecular flexibility index (Phi) is 1.73. The number of pyridine rings is 1. The van der Waals surface area contributed by atoms with Crippen molar-refractivity contribution >= 4 is 5.69 Å². The molecule has 1 radical (unpaired) electrons. The van der Waals surface area contributed by atoms with Crippen LogP contribution in [0, 0.1) is 6.20 Å². The first-order valence-electron chi connectivity index (χ1n) is 3.80. The predicted molar refractivity (Wildman–Crippen MR) is 43.0 cm³/mol. The number of rotatable bonds is 1. The first-order valence-corrected chi connectivity index (χ1v) is 3.80. The average molecular weight is 148 g/mol. The predicted octanol–water partition coefficient (Wildman–Crippen LogP) is 0.596. The maximum Gasteiger partial charge on any atom is 0.115 e. The number of aromatic nitrogens is 1. The Bertz CT molecular complexity index is 216. The lowest BCUT2D eigenvalue weighted by Gasteiger charge is -2.15. The topological polar surface area (TPSA) is 28.2 Å². The van der Waals surface area contributed by atoms with Gasteiger partial charge in [-0.2, -0.15) is 0 Å². The molecule has 1 aliphatic rings. The molecule has 11 heavy (non-hydrogen) atoms. The van der Waals surface area contributed by atoms with Gasteiger partial charge in [0.2, 0.25) is 0 Å². The minimum atomic E-state index is 1.03. The van der Waals surface area contributed by atoms with Crippen molar-refractivity contribution in [1.82, 2.24) is 10.4 Å². The van der Waals surface area contributed by atoms with Crippen LogP contribution >= 0.6 is 0 Å². The van der Waals surface area contributed by atoms with Crippen LogP contribution in [0.3, 0.4) is 0 Å². The molecule has 2 rings (SSSR count). The zero-order valence-electron chi connectivity index (χ0n) is 6.25. The fraction of sp³-hybridized carbons (Fsp3) is 0.375. The molecule has 1 N–H and O–H groups in total. The normalized spacial score (nSPS) is 17.3. The second-order valence-corrected chi connectivity index (χ2v) is 2.55. The minimum Gasteiger partial charge on any atom is -0.306 e. The molecular formula is C8H10N3. The lowest BCUT2D eigenvalue weighted by molar-refractivity contribution is 0.784. The monoisotopic (exact) mass is 148 g/mol. The summed E-state index contributed by atoms with van der Waals surface area (Å²) in [6, 6.07) is 3.93. The van der Waals surface area contributed by atoms with Crippen molar-refractivity contribution in [2.45, 2.75) is 6.42 Å². The Morgan fingerprint density at radius 3 is 3.27 bits per heavy atom. The van der Waals surface area contributed by atoms with Crippen LogP contribution in [-0.4, -0.2) is 18.1 Å². The molecule has 0 atom stereocenters. The molecule has 0 aromatic carbocycles. The van der Waals surface area contributed by atoms with Crippen molar-refractivity contribution in [1.29, 1.82) is 0 Å². The van der Waals surface area contributed by atoms with E-state index in [0.717, 1.165) is 18.8 Å². The number of hydrazine groups is 1. The van der Waals surface area contributed by atoms with E-state index in [-0.39, 0.29) is 0 Å². The fourth-order valence-corrected chi connectivity index (χ4v) is 1.20. The quantitative estimate of drug-likeness (QED) is 0.632. The Morgan fingerprint density at radius 1 is 1.64 bits per heavy atom. The summed E-state index contributed by atoms with van der Waals surface area (Å²) in [7, 11) is 0. The Hall–Kier alpha value is -1.09. The summed E-state index contributed by atoms with van der Waals surface area (Å²) in [5.41, 5.74) is 4.27. The number of nitrogens with zero attached hydrogens (tertiary/aromatic N) is 2. The summed E-state index contributed by atoms with van der Waals surface area (Å²) < 4.78 is 0. The van der Waals surface area contributed by atoms with Crippen molar-refractivity contribution in [3.8, 4) is 0 Å². The van der Waals surface area contributed by atoms with E-state index in [9.17, 15) is 0 Å². The molecule has 0 aliphatic carbocycles. The molecule has 1 fully saturated rings. The van der Waals surface area contributed by atoms with Crippen LogP contribution in [0.2, 0.25) is 0 Å². The van der Waals surface area contributed by atoms with Gasteiger partial charge in [-0.3, -0.25) is 4.98 Å². The summed E-state index contributed by atoms with van der Waals surface area (Å²) in [4.78, 5) is 3.92. The van der Waals surface area contributed by atoms with Gasteiger partial charge in [0.05, 0.1) is 5.69 Å². The van der Waals surface area contributed by atoms with Gasteiger partial charge in [-0.05, 0) is 18.6 Å². The number of hydrogen-bond donors (Lipinski definition) is 1. The summed E-state index contributed by atoms with van der Waals surface area (Å²) in [5, 5.41) is 2.08. The van der Waals surface area contributed by atoms with E-state index in [4.69, 9.17) is 0 Å². The highest BCUT2D eigenvalue weighted by Gasteiger charge is 2.10. The Labute approximate surface area is 66.0 Å². The maximum atomic E-state index is 3.92. The first-order chi connectivity index (χ1) is 5.47. The molecule has 1 aromatic heterocycles. The second kappa shape index (κ2) is 2.88.